The van der Waals surface area contributed by atoms with Crippen LogP contribution in [-0.4, -0.2) is 5.91 Å². The van der Waals surface area contributed by atoms with Gasteiger partial charge in [0.25, 0.3) is 0 Å². The lowest BCUT2D eigenvalue weighted by Crippen LogP contribution is -2.10. The molecular weight excluding hydrogens is 347 g/mol. The summed E-state index contributed by atoms with van der Waals surface area (Å²) in [6.45, 7) is 0. The summed E-state index contributed by atoms with van der Waals surface area (Å²) in [5.74, 6) is -0.348. The van der Waals surface area contributed by atoms with E-state index in [0.29, 0.717) is 19.7 Å². The van der Waals surface area contributed by atoms with Gasteiger partial charge in [-0.05, 0) is 44.0 Å². The lowest BCUT2D eigenvalue weighted by atomic mass is 10.3. The van der Waals surface area contributed by atoms with E-state index in [1.54, 1.807) is 18.2 Å². The molecule has 0 spiro atoms. The Hall–Kier alpha value is -0.570. The highest BCUT2D eigenvalue weighted by atomic mass is 79.9. The van der Waals surface area contributed by atoms with Gasteiger partial charge in [-0.25, -0.2) is 0 Å². The van der Waals surface area contributed by atoms with E-state index < -0.39 is 0 Å². The number of nitrogens with one attached hydrogen (secondary N) is 1. The zero-order chi connectivity index (χ0) is 11.4. The number of rotatable bonds is 2. The molecule has 0 saturated carbocycles. The second kappa shape index (κ2) is 5.50. The van der Waals surface area contributed by atoms with Gasteiger partial charge in [0.1, 0.15) is 6.42 Å². The average molecular weight is 352 g/mol. The topological polar surface area (TPSA) is 52.9 Å². The van der Waals surface area contributed by atoms with Crippen LogP contribution in [0.15, 0.2) is 21.1 Å². The Morgan fingerprint density at radius 2 is 2.00 bits per heavy atom. The number of nitriles is 1. The Balaban J connectivity index is 2.89. The number of halogens is 3. The van der Waals surface area contributed by atoms with E-state index >= 15 is 0 Å². The minimum Gasteiger partial charge on any atom is -0.325 e. The molecule has 1 aromatic rings. The fraction of sp³-hybridized carbons (Fsp3) is 0.111. The second-order valence-corrected chi connectivity index (χ2v) is 4.72. The van der Waals surface area contributed by atoms with Crippen LogP contribution in [0.25, 0.3) is 0 Å². The number of hydrogen-bond acceptors (Lipinski definition) is 2. The van der Waals surface area contributed by atoms with Crippen molar-refractivity contribution in [1.82, 2.24) is 0 Å². The van der Waals surface area contributed by atoms with Gasteiger partial charge < -0.3 is 5.32 Å². The molecule has 0 bridgehead atoms. The van der Waals surface area contributed by atoms with Gasteiger partial charge in [0.05, 0.1) is 11.1 Å². The van der Waals surface area contributed by atoms with Crippen LogP contribution in [0.3, 0.4) is 0 Å². The van der Waals surface area contributed by atoms with E-state index in [0.717, 1.165) is 0 Å². The number of anilines is 1. The quantitative estimate of drug-likeness (QED) is 0.825. The molecule has 0 aliphatic heterocycles. The summed E-state index contributed by atoms with van der Waals surface area (Å²) in [6, 6.07) is 5.10. The SMILES string of the molecule is N#CCC(=O)Nc1cc(Br)c(Cl)c(Br)c1. The summed E-state index contributed by atoms with van der Waals surface area (Å²) < 4.78 is 1.34. The second-order valence-electron chi connectivity index (χ2n) is 2.64. The van der Waals surface area contributed by atoms with Gasteiger partial charge in [-0.15, -0.1) is 0 Å². The highest BCUT2D eigenvalue weighted by molar-refractivity contribution is 9.11. The molecule has 0 fully saturated rings. The molecule has 0 aliphatic rings. The molecule has 78 valence electrons. The van der Waals surface area contributed by atoms with Crippen molar-refractivity contribution in [3.05, 3.63) is 26.1 Å². The Labute approximate surface area is 109 Å². The lowest BCUT2D eigenvalue weighted by Gasteiger charge is -2.06. The molecule has 1 N–H and O–H groups in total. The molecule has 1 aromatic carbocycles. The third kappa shape index (κ3) is 3.49. The monoisotopic (exact) mass is 350 g/mol. The predicted molar refractivity (Wildman–Crippen MR) is 65.7 cm³/mol. The minimum absolute atomic E-state index is 0.169. The first-order valence-corrected chi connectivity index (χ1v) is 5.82. The molecule has 0 unspecified atom stereocenters. The van der Waals surface area contributed by atoms with E-state index in [4.69, 9.17) is 16.9 Å². The summed E-state index contributed by atoms with van der Waals surface area (Å²) in [5, 5.41) is 11.4. The fourth-order valence-corrected chi connectivity index (χ4v) is 2.20. The number of amides is 1. The molecule has 0 atom stereocenters. The first kappa shape index (κ1) is 12.5. The molecule has 0 aliphatic carbocycles. The molecule has 1 rings (SSSR count). The zero-order valence-electron chi connectivity index (χ0n) is 7.35. The van der Waals surface area contributed by atoms with Crippen LogP contribution in [0.1, 0.15) is 6.42 Å². The largest absolute Gasteiger partial charge is 0.325 e. The normalized spacial score (nSPS) is 9.47. The van der Waals surface area contributed by atoms with Crippen LogP contribution < -0.4 is 5.32 Å². The van der Waals surface area contributed by atoms with Crippen molar-refractivity contribution in [2.45, 2.75) is 6.42 Å². The molecule has 1 amide bonds. The van der Waals surface area contributed by atoms with Gasteiger partial charge in [0.15, 0.2) is 0 Å². The van der Waals surface area contributed by atoms with Gasteiger partial charge >= 0.3 is 0 Å². The van der Waals surface area contributed by atoms with E-state index in [-0.39, 0.29) is 12.3 Å². The van der Waals surface area contributed by atoms with Gasteiger partial charge in [-0.3, -0.25) is 4.79 Å². The van der Waals surface area contributed by atoms with Gasteiger partial charge in [-0.2, -0.15) is 5.26 Å². The number of carbonyl (C=O) groups is 1. The maximum absolute atomic E-state index is 11.1. The maximum Gasteiger partial charge on any atom is 0.238 e. The zero-order valence-corrected chi connectivity index (χ0v) is 11.3. The Morgan fingerprint density at radius 1 is 1.47 bits per heavy atom. The third-order valence-electron chi connectivity index (χ3n) is 1.51. The van der Waals surface area contributed by atoms with E-state index in [2.05, 4.69) is 37.2 Å². The Morgan fingerprint density at radius 3 is 2.47 bits per heavy atom. The van der Waals surface area contributed by atoms with Crippen LogP contribution in [0, 0.1) is 11.3 Å². The van der Waals surface area contributed by atoms with Crippen molar-refractivity contribution in [3.63, 3.8) is 0 Å². The molecule has 3 nitrogen and oxygen atoms in total. The number of carbonyl (C=O) groups excluding carboxylic acids is 1. The van der Waals surface area contributed by atoms with Crippen LogP contribution >= 0.6 is 43.5 Å². The lowest BCUT2D eigenvalue weighted by molar-refractivity contribution is -0.115. The molecule has 0 saturated heterocycles. The molecule has 0 radical (unpaired) electrons. The summed E-state index contributed by atoms with van der Waals surface area (Å²) >= 11 is 12.4. The van der Waals surface area contributed by atoms with Gasteiger partial charge in [0.2, 0.25) is 5.91 Å². The van der Waals surface area contributed by atoms with E-state index in [1.807, 2.05) is 0 Å². The van der Waals surface area contributed by atoms with Crippen molar-refractivity contribution < 1.29 is 4.79 Å². The molecular formula is C9H5Br2ClN2O. The van der Waals surface area contributed by atoms with Crippen LogP contribution in [-0.2, 0) is 4.79 Å². The molecule has 6 heteroatoms. The highest BCUT2D eigenvalue weighted by Crippen LogP contribution is 2.33. The third-order valence-corrected chi connectivity index (χ3v) is 3.62. The van der Waals surface area contributed by atoms with Crippen LogP contribution in [0.5, 0.6) is 0 Å². The van der Waals surface area contributed by atoms with E-state index in [1.165, 1.54) is 0 Å². The van der Waals surface area contributed by atoms with E-state index in [9.17, 15) is 4.79 Å². The Kier molecular flexibility index (Phi) is 4.58. The number of hydrogen-bond donors (Lipinski definition) is 1. The van der Waals surface area contributed by atoms with Gasteiger partial charge in [0, 0.05) is 14.6 Å². The minimum atomic E-state index is -0.348. The first-order valence-electron chi connectivity index (χ1n) is 3.86. The number of nitrogens with zero attached hydrogens (tertiary/aromatic N) is 1. The van der Waals surface area contributed by atoms with Crippen molar-refractivity contribution in [2.75, 3.05) is 5.32 Å². The summed E-state index contributed by atoms with van der Waals surface area (Å²) in [6.07, 6.45) is -0.169. The molecule has 0 heterocycles. The van der Waals surface area contributed by atoms with Crippen LogP contribution in [0.2, 0.25) is 5.02 Å². The maximum atomic E-state index is 11.1. The fourth-order valence-electron chi connectivity index (χ4n) is 0.905. The number of benzene rings is 1. The van der Waals surface area contributed by atoms with Crippen molar-refractivity contribution >= 4 is 55.1 Å². The van der Waals surface area contributed by atoms with Crippen molar-refractivity contribution in [2.24, 2.45) is 0 Å². The smallest absolute Gasteiger partial charge is 0.238 e. The first-order chi connectivity index (χ1) is 7.04. The highest BCUT2D eigenvalue weighted by Gasteiger charge is 2.07. The van der Waals surface area contributed by atoms with Crippen LogP contribution in [0.4, 0.5) is 5.69 Å². The summed E-state index contributed by atoms with van der Waals surface area (Å²) in [5.41, 5.74) is 0.582. The summed E-state index contributed by atoms with van der Waals surface area (Å²) in [7, 11) is 0. The summed E-state index contributed by atoms with van der Waals surface area (Å²) in [4.78, 5) is 11.1. The van der Waals surface area contributed by atoms with Crippen molar-refractivity contribution in [3.8, 4) is 6.07 Å². The average Bonchev–Trinajstić information content (AvgIpc) is 2.14. The molecule has 15 heavy (non-hydrogen) atoms. The Bertz CT molecular complexity index is 419. The standard InChI is InChI=1S/C9H5Br2ClN2O/c10-6-3-5(4-7(11)9(6)12)14-8(15)1-2-13/h3-4H,1H2,(H,14,15). The van der Waals surface area contributed by atoms with Gasteiger partial charge in [-0.1, -0.05) is 11.6 Å². The molecule has 0 aromatic heterocycles. The predicted octanol–water partition coefficient (Wildman–Crippen LogP) is 3.72. The van der Waals surface area contributed by atoms with Crippen molar-refractivity contribution in [1.29, 1.82) is 5.26 Å².